The van der Waals surface area contributed by atoms with Crippen LogP contribution in [0, 0.1) is 6.92 Å². The van der Waals surface area contributed by atoms with Crippen LogP contribution in [0.5, 0.6) is 23.0 Å². The molecule has 274 valence electrons. The zero-order valence-corrected chi connectivity index (χ0v) is 31.1. The minimum absolute atomic E-state index is 0.0698. The molecule has 0 spiro atoms. The number of hydrogen-bond donors (Lipinski definition) is 0. The largest absolute Gasteiger partial charge is 0.497 e. The molecule has 1 heterocycles. The highest BCUT2D eigenvalue weighted by atomic mass is 16.6. The number of ether oxygens (including phenoxy) is 6. The van der Waals surface area contributed by atoms with Gasteiger partial charge in [0.2, 0.25) is 0 Å². The minimum Gasteiger partial charge on any atom is -0.497 e. The van der Waals surface area contributed by atoms with Crippen molar-refractivity contribution in [1.29, 1.82) is 0 Å². The second-order valence-corrected chi connectivity index (χ2v) is 14.2. The van der Waals surface area contributed by atoms with Crippen molar-refractivity contribution >= 4 is 17.6 Å². The van der Waals surface area contributed by atoms with Crippen molar-refractivity contribution in [3.8, 4) is 23.0 Å². The topological polar surface area (TPSA) is 96.0 Å². The number of methoxy groups -OCH3 is 3. The molecule has 0 aromatic heterocycles. The molecule has 2 amide bonds. The molecule has 0 radical (unpaired) electrons. The highest BCUT2D eigenvalue weighted by Crippen LogP contribution is 2.36. The second kappa shape index (κ2) is 17.0. The summed E-state index contributed by atoms with van der Waals surface area (Å²) in [5, 5.41) is 0. The fraction of sp³-hybridized carbons (Fsp3) is 0.463. The monoisotopic (exact) mass is 700 g/mol. The van der Waals surface area contributed by atoms with Gasteiger partial charge in [0.05, 0.1) is 27.4 Å². The Bertz CT molecular complexity index is 1690. The van der Waals surface area contributed by atoms with Crippen molar-refractivity contribution in [3.05, 3.63) is 88.5 Å². The molecule has 0 N–H and O–H groups in total. The summed E-state index contributed by atoms with van der Waals surface area (Å²) >= 11 is 0. The molecule has 51 heavy (non-hydrogen) atoms. The van der Waals surface area contributed by atoms with Gasteiger partial charge in [0.15, 0.2) is 0 Å². The molecule has 0 bridgehead atoms. The Morgan fingerprint density at radius 2 is 1.57 bits per heavy atom. The van der Waals surface area contributed by atoms with E-state index in [9.17, 15) is 9.59 Å². The van der Waals surface area contributed by atoms with Crippen LogP contribution in [0.4, 0.5) is 4.79 Å². The lowest BCUT2D eigenvalue weighted by Gasteiger charge is -2.34. The first-order valence-corrected chi connectivity index (χ1v) is 17.6. The van der Waals surface area contributed by atoms with Crippen LogP contribution in [0.1, 0.15) is 68.7 Å². The van der Waals surface area contributed by atoms with Gasteiger partial charge in [0, 0.05) is 50.9 Å². The third kappa shape index (κ3) is 10.7. The number of benzene rings is 3. The molecule has 10 heteroatoms. The Morgan fingerprint density at radius 1 is 0.843 bits per heavy atom. The molecule has 1 fully saturated rings. The smallest absolute Gasteiger partial charge is 0.410 e. The molecule has 1 aliphatic carbocycles. The van der Waals surface area contributed by atoms with Crippen molar-refractivity contribution in [3.63, 3.8) is 0 Å². The van der Waals surface area contributed by atoms with Gasteiger partial charge in [-0.25, -0.2) is 4.79 Å². The molecule has 5 rings (SSSR count). The fourth-order valence-electron chi connectivity index (χ4n) is 6.17. The van der Waals surface area contributed by atoms with Crippen LogP contribution < -0.4 is 18.9 Å². The van der Waals surface area contributed by atoms with Crippen LogP contribution in [0.15, 0.2) is 66.2 Å². The zero-order valence-electron chi connectivity index (χ0n) is 31.1. The summed E-state index contributed by atoms with van der Waals surface area (Å²) in [4.78, 5) is 31.6. The highest BCUT2D eigenvalue weighted by molar-refractivity contribution is 6.03. The molecule has 3 aromatic rings. The van der Waals surface area contributed by atoms with E-state index in [2.05, 4.69) is 6.07 Å². The average Bonchev–Trinajstić information content (AvgIpc) is 3.96. The van der Waals surface area contributed by atoms with Gasteiger partial charge in [-0.3, -0.25) is 4.79 Å². The molecule has 3 aromatic carbocycles. The van der Waals surface area contributed by atoms with Crippen LogP contribution >= 0.6 is 0 Å². The van der Waals surface area contributed by atoms with Gasteiger partial charge in [0.1, 0.15) is 35.2 Å². The second-order valence-electron chi connectivity index (χ2n) is 14.2. The van der Waals surface area contributed by atoms with E-state index in [1.54, 1.807) is 26.2 Å². The van der Waals surface area contributed by atoms with Gasteiger partial charge in [-0.2, -0.15) is 0 Å². The molecule has 1 aliphatic heterocycles. The van der Waals surface area contributed by atoms with Crippen molar-refractivity contribution < 1.29 is 38.0 Å². The van der Waals surface area contributed by atoms with E-state index in [4.69, 9.17) is 28.4 Å². The van der Waals surface area contributed by atoms with E-state index in [1.807, 2.05) is 87.2 Å². The standard InChI is InChI=1S/C41H52N2O8/c1-28-18-29(20-36(19-28)49-17-9-16-46-5)25-43(32-12-13-32)39(44)38-26-42(40(45)51-41(2,3)4)15-14-37(38)31-10-8-11-33(23-31)50-27-30-21-34(47-6)24-35(22-30)48-7/h8,10-11,18-24,32H,9,12-17,25-27H2,1-7H3. The highest BCUT2D eigenvalue weighted by Gasteiger charge is 2.38. The predicted molar refractivity (Wildman–Crippen MR) is 196 cm³/mol. The van der Waals surface area contributed by atoms with Gasteiger partial charge in [0.25, 0.3) is 5.91 Å². The van der Waals surface area contributed by atoms with E-state index in [-0.39, 0.29) is 18.5 Å². The molecule has 2 aliphatic rings. The summed E-state index contributed by atoms with van der Waals surface area (Å²) in [6.45, 7) is 10.1. The van der Waals surface area contributed by atoms with Crippen molar-refractivity contribution in [2.45, 2.75) is 78.2 Å². The molecular formula is C41H52N2O8. The van der Waals surface area contributed by atoms with Crippen LogP contribution in [-0.2, 0) is 27.4 Å². The first-order valence-electron chi connectivity index (χ1n) is 17.6. The number of carbonyl (C=O) groups is 2. The molecule has 1 saturated carbocycles. The van der Waals surface area contributed by atoms with Gasteiger partial charge in [-0.1, -0.05) is 18.2 Å². The van der Waals surface area contributed by atoms with Gasteiger partial charge in [-0.05, 0) is 111 Å². The lowest BCUT2D eigenvalue weighted by atomic mass is 9.92. The maximum Gasteiger partial charge on any atom is 0.410 e. The number of rotatable bonds is 15. The first kappa shape index (κ1) is 37.6. The Hall–Kier alpha value is -4.70. The van der Waals surface area contributed by atoms with E-state index in [0.717, 1.165) is 52.8 Å². The third-order valence-electron chi connectivity index (χ3n) is 8.73. The molecule has 0 unspecified atom stereocenters. The fourth-order valence-corrected chi connectivity index (χ4v) is 6.17. The normalized spacial score (nSPS) is 14.6. The lowest BCUT2D eigenvalue weighted by molar-refractivity contribution is -0.128. The number of aryl methyl sites for hydroxylation is 1. The summed E-state index contributed by atoms with van der Waals surface area (Å²) < 4.78 is 34.0. The van der Waals surface area contributed by atoms with Crippen LogP contribution in [-0.4, -0.2) is 81.1 Å². The van der Waals surface area contributed by atoms with Crippen molar-refractivity contribution in [1.82, 2.24) is 9.80 Å². The van der Waals surface area contributed by atoms with Crippen LogP contribution in [0.3, 0.4) is 0 Å². The molecule has 10 nitrogen and oxygen atoms in total. The zero-order chi connectivity index (χ0) is 36.5. The van der Waals surface area contributed by atoms with Crippen molar-refractivity contribution in [2.24, 2.45) is 0 Å². The summed E-state index contributed by atoms with van der Waals surface area (Å²) in [7, 11) is 4.92. The summed E-state index contributed by atoms with van der Waals surface area (Å²) in [5.74, 6) is 2.74. The maximum absolute atomic E-state index is 14.7. The van der Waals surface area contributed by atoms with Gasteiger partial charge < -0.3 is 38.2 Å². The summed E-state index contributed by atoms with van der Waals surface area (Å²) in [5.41, 5.74) is 4.71. The quantitative estimate of drug-likeness (QED) is 0.150. The number of nitrogens with zero attached hydrogens (tertiary/aromatic N) is 2. The molecule has 0 saturated heterocycles. The van der Waals surface area contributed by atoms with Crippen molar-refractivity contribution in [2.75, 3.05) is 47.6 Å². The third-order valence-corrected chi connectivity index (χ3v) is 8.73. The Balaban J connectivity index is 1.43. The van der Waals surface area contributed by atoms with Crippen LogP contribution in [0.25, 0.3) is 5.57 Å². The lowest BCUT2D eigenvalue weighted by Crippen LogP contribution is -2.44. The predicted octanol–water partition coefficient (Wildman–Crippen LogP) is 7.59. The van der Waals surface area contributed by atoms with Gasteiger partial charge >= 0.3 is 6.09 Å². The number of amides is 2. The Morgan fingerprint density at radius 3 is 2.24 bits per heavy atom. The molecule has 0 atom stereocenters. The van der Waals surface area contributed by atoms with E-state index in [1.165, 1.54) is 0 Å². The van der Waals surface area contributed by atoms with E-state index >= 15 is 0 Å². The van der Waals surface area contributed by atoms with E-state index < -0.39 is 11.7 Å². The number of hydrogen-bond acceptors (Lipinski definition) is 8. The van der Waals surface area contributed by atoms with E-state index in [0.29, 0.717) is 62.2 Å². The average molecular weight is 701 g/mol. The first-order chi connectivity index (χ1) is 24.5. The Labute approximate surface area is 302 Å². The van der Waals surface area contributed by atoms with Gasteiger partial charge in [-0.15, -0.1) is 0 Å². The maximum atomic E-state index is 14.7. The number of carbonyl (C=O) groups excluding carboxylic acids is 2. The summed E-state index contributed by atoms with van der Waals surface area (Å²) in [6, 6.07) is 19.7. The summed E-state index contributed by atoms with van der Waals surface area (Å²) in [6.07, 6.45) is 2.74. The SMILES string of the molecule is COCCCOc1cc(C)cc(CN(C(=O)C2=C(c3cccc(OCc4cc(OC)cc(OC)c4)c3)CCN(C(=O)OC(C)(C)C)C2)C2CC2)c1. The Kier molecular flexibility index (Phi) is 12.5. The van der Waals surface area contributed by atoms with Crippen LogP contribution in [0.2, 0.25) is 0 Å². The molecular weight excluding hydrogens is 648 g/mol. The minimum atomic E-state index is -0.654.